The smallest absolute Gasteiger partial charge is 0.223 e. The molecular weight excluding hydrogens is 276 g/mol. The number of hydrogen-bond acceptors (Lipinski definition) is 3. The first-order valence-corrected chi connectivity index (χ1v) is 8.49. The van der Waals surface area contributed by atoms with E-state index in [1.807, 2.05) is 0 Å². The number of benzene rings is 1. The van der Waals surface area contributed by atoms with Gasteiger partial charge in [0.25, 0.3) is 0 Å². The maximum Gasteiger partial charge on any atom is 0.223 e. The number of hydrogen-bond donors (Lipinski definition) is 2. The van der Waals surface area contributed by atoms with Gasteiger partial charge in [-0.15, -0.1) is 0 Å². The van der Waals surface area contributed by atoms with Gasteiger partial charge in [0, 0.05) is 17.9 Å². The molecule has 120 valence electrons. The van der Waals surface area contributed by atoms with Gasteiger partial charge in [-0.1, -0.05) is 31.5 Å². The average Bonchev–Trinajstić information content (AvgIpc) is 3.03. The fourth-order valence-electron chi connectivity index (χ4n) is 3.86. The number of rotatable bonds is 4. The number of aryl methyl sites for hydroxylation is 1. The first kappa shape index (κ1) is 15.3. The fourth-order valence-corrected chi connectivity index (χ4v) is 3.86. The maximum atomic E-state index is 12.6. The van der Waals surface area contributed by atoms with Gasteiger partial charge in [0.15, 0.2) is 0 Å². The summed E-state index contributed by atoms with van der Waals surface area (Å²) in [6.45, 7) is 3.41. The molecule has 3 atom stereocenters. The predicted molar refractivity (Wildman–Crippen MR) is 86.7 cm³/mol. The van der Waals surface area contributed by atoms with E-state index in [0.717, 1.165) is 43.4 Å². The molecule has 0 radical (unpaired) electrons. The molecule has 1 fully saturated rings. The Labute approximate surface area is 132 Å². The SMILES string of the molecule is CCc1cccc2c1OCCC2NC(=O)[C@@H]1CCC[C@@H]1CN. The van der Waals surface area contributed by atoms with E-state index in [1.54, 1.807) is 0 Å². The molecule has 3 rings (SSSR count). The van der Waals surface area contributed by atoms with Gasteiger partial charge in [0.2, 0.25) is 5.91 Å². The third-order valence-corrected chi connectivity index (χ3v) is 5.15. The van der Waals surface area contributed by atoms with Crippen molar-refractivity contribution >= 4 is 5.91 Å². The molecule has 1 amide bonds. The molecule has 2 aliphatic rings. The summed E-state index contributed by atoms with van der Waals surface area (Å²) >= 11 is 0. The van der Waals surface area contributed by atoms with E-state index in [-0.39, 0.29) is 17.9 Å². The Hall–Kier alpha value is -1.55. The molecule has 3 N–H and O–H groups in total. The first-order valence-electron chi connectivity index (χ1n) is 8.49. The van der Waals surface area contributed by atoms with Crippen molar-refractivity contribution in [2.45, 2.75) is 45.1 Å². The molecule has 0 aromatic heterocycles. The number of para-hydroxylation sites is 1. The summed E-state index contributed by atoms with van der Waals surface area (Å²) in [6, 6.07) is 6.31. The van der Waals surface area contributed by atoms with Gasteiger partial charge in [-0.25, -0.2) is 0 Å². The maximum absolute atomic E-state index is 12.6. The number of nitrogens with two attached hydrogens (primary N) is 1. The van der Waals surface area contributed by atoms with Gasteiger partial charge in [-0.3, -0.25) is 4.79 Å². The van der Waals surface area contributed by atoms with Gasteiger partial charge < -0.3 is 15.8 Å². The lowest BCUT2D eigenvalue weighted by molar-refractivity contribution is -0.126. The van der Waals surface area contributed by atoms with E-state index in [0.29, 0.717) is 19.1 Å². The van der Waals surface area contributed by atoms with Crippen LogP contribution in [0.15, 0.2) is 18.2 Å². The molecule has 1 aliphatic heterocycles. The molecule has 1 aromatic rings. The summed E-state index contributed by atoms with van der Waals surface area (Å²) in [5.41, 5.74) is 8.16. The second-order valence-corrected chi connectivity index (χ2v) is 6.42. The molecule has 0 spiro atoms. The second kappa shape index (κ2) is 6.69. The minimum absolute atomic E-state index is 0.0711. The molecule has 4 nitrogen and oxygen atoms in total. The zero-order valence-corrected chi connectivity index (χ0v) is 13.3. The highest BCUT2D eigenvalue weighted by Gasteiger charge is 2.34. The van der Waals surface area contributed by atoms with Crippen LogP contribution >= 0.6 is 0 Å². The Kier molecular flexibility index (Phi) is 4.67. The number of ether oxygens (including phenoxy) is 1. The lowest BCUT2D eigenvalue weighted by atomic mass is 9.93. The van der Waals surface area contributed by atoms with E-state index >= 15 is 0 Å². The highest BCUT2D eigenvalue weighted by atomic mass is 16.5. The normalized spacial score (nSPS) is 27.1. The lowest BCUT2D eigenvalue weighted by Gasteiger charge is -2.30. The summed E-state index contributed by atoms with van der Waals surface area (Å²) in [4.78, 5) is 12.6. The molecule has 4 heteroatoms. The van der Waals surface area contributed by atoms with Crippen LogP contribution in [0.3, 0.4) is 0 Å². The molecule has 1 unspecified atom stereocenters. The Morgan fingerprint density at radius 2 is 2.23 bits per heavy atom. The van der Waals surface area contributed by atoms with Crippen LogP contribution in [0.2, 0.25) is 0 Å². The van der Waals surface area contributed by atoms with Crippen LogP contribution in [0.5, 0.6) is 5.75 Å². The molecule has 0 saturated heterocycles. The van der Waals surface area contributed by atoms with Crippen molar-refractivity contribution in [2.24, 2.45) is 17.6 Å². The topological polar surface area (TPSA) is 64.3 Å². The number of fused-ring (bicyclic) bond motifs is 1. The summed E-state index contributed by atoms with van der Waals surface area (Å²) < 4.78 is 5.85. The predicted octanol–water partition coefficient (Wildman–Crippen LogP) is 2.56. The fraction of sp³-hybridized carbons (Fsp3) is 0.611. The lowest BCUT2D eigenvalue weighted by Crippen LogP contribution is -2.39. The quantitative estimate of drug-likeness (QED) is 0.898. The third-order valence-electron chi connectivity index (χ3n) is 5.15. The van der Waals surface area contributed by atoms with Crippen LogP contribution in [-0.2, 0) is 11.2 Å². The van der Waals surface area contributed by atoms with E-state index < -0.39 is 0 Å². The zero-order valence-electron chi connectivity index (χ0n) is 13.3. The zero-order chi connectivity index (χ0) is 15.5. The Morgan fingerprint density at radius 1 is 1.36 bits per heavy atom. The van der Waals surface area contributed by atoms with Crippen molar-refractivity contribution in [3.05, 3.63) is 29.3 Å². The average molecular weight is 302 g/mol. The second-order valence-electron chi connectivity index (χ2n) is 6.42. The van der Waals surface area contributed by atoms with Gasteiger partial charge >= 0.3 is 0 Å². The van der Waals surface area contributed by atoms with Crippen molar-refractivity contribution in [1.29, 1.82) is 0 Å². The molecular formula is C18H26N2O2. The van der Waals surface area contributed by atoms with E-state index in [4.69, 9.17) is 10.5 Å². The van der Waals surface area contributed by atoms with Crippen LogP contribution in [0.4, 0.5) is 0 Å². The van der Waals surface area contributed by atoms with Crippen molar-refractivity contribution in [2.75, 3.05) is 13.2 Å². The molecule has 1 heterocycles. The molecule has 0 bridgehead atoms. The van der Waals surface area contributed by atoms with E-state index in [1.165, 1.54) is 5.56 Å². The van der Waals surface area contributed by atoms with Gasteiger partial charge in [-0.2, -0.15) is 0 Å². The Balaban J connectivity index is 1.76. The minimum Gasteiger partial charge on any atom is -0.493 e. The highest BCUT2D eigenvalue weighted by Crippen LogP contribution is 2.37. The highest BCUT2D eigenvalue weighted by molar-refractivity contribution is 5.80. The van der Waals surface area contributed by atoms with Crippen molar-refractivity contribution in [1.82, 2.24) is 5.32 Å². The van der Waals surface area contributed by atoms with E-state index in [2.05, 4.69) is 30.4 Å². The third kappa shape index (κ3) is 2.84. The molecule has 1 aliphatic carbocycles. The van der Waals surface area contributed by atoms with Crippen molar-refractivity contribution < 1.29 is 9.53 Å². The van der Waals surface area contributed by atoms with Crippen molar-refractivity contribution in [3.63, 3.8) is 0 Å². The van der Waals surface area contributed by atoms with E-state index in [9.17, 15) is 4.79 Å². The van der Waals surface area contributed by atoms with Crippen LogP contribution in [-0.4, -0.2) is 19.1 Å². The summed E-state index contributed by atoms with van der Waals surface area (Å²) in [5.74, 6) is 1.59. The van der Waals surface area contributed by atoms with Gasteiger partial charge in [-0.05, 0) is 37.3 Å². The number of amides is 1. The minimum atomic E-state index is 0.0711. The number of nitrogens with one attached hydrogen (secondary N) is 1. The van der Waals surface area contributed by atoms with Crippen molar-refractivity contribution in [3.8, 4) is 5.75 Å². The van der Waals surface area contributed by atoms with Gasteiger partial charge in [0.1, 0.15) is 5.75 Å². The van der Waals surface area contributed by atoms with Crippen LogP contribution in [0, 0.1) is 11.8 Å². The molecule has 1 aromatic carbocycles. The number of carbonyl (C=O) groups excluding carboxylic acids is 1. The molecule has 22 heavy (non-hydrogen) atoms. The molecule has 1 saturated carbocycles. The standard InChI is InChI=1S/C18H26N2O2/c1-2-12-5-3-8-15-16(9-10-22-17(12)15)20-18(21)14-7-4-6-13(14)11-19/h3,5,8,13-14,16H,2,4,6-7,9-11,19H2,1H3,(H,20,21)/t13-,14-,16?/m1/s1. The Morgan fingerprint density at radius 3 is 3.00 bits per heavy atom. The van der Waals surface area contributed by atoms with Crippen LogP contribution in [0.1, 0.15) is 49.8 Å². The van der Waals surface area contributed by atoms with Gasteiger partial charge in [0.05, 0.1) is 12.6 Å². The largest absolute Gasteiger partial charge is 0.493 e. The summed E-state index contributed by atoms with van der Waals surface area (Å²) in [7, 11) is 0. The van der Waals surface area contributed by atoms with Crippen LogP contribution < -0.4 is 15.8 Å². The van der Waals surface area contributed by atoms with Crippen LogP contribution in [0.25, 0.3) is 0 Å². The summed E-state index contributed by atoms with van der Waals surface area (Å²) in [5, 5.41) is 3.26. The summed E-state index contributed by atoms with van der Waals surface area (Å²) in [6.07, 6.45) is 4.95. The number of carbonyl (C=O) groups is 1. The first-order chi connectivity index (χ1) is 10.7. The Bertz CT molecular complexity index is 544. The monoisotopic (exact) mass is 302 g/mol.